The maximum atomic E-state index is 10.3. The molecule has 0 aromatic rings. The second-order valence-corrected chi connectivity index (χ2v) is 18.6. The van der Waals surface area contributed by atoms with Crippen molar-refractivity contribution in [3.63, 3.8) is 0 Å². The Morgan fingerprint density at radius 2 is 1.83 bits per heavy atom. The van der Waals surface area contributed by atoms with E-state index in [2.05, 4.69) is 60.4 Å². The number of allylic oxidation sites excluding steroid dienone is 2. The fraction of sp³-hybridized carbons (Fsp3) is 0.862. The largest absolute Gasteiger partial charge is 0.408 e. The van der Waals surface area contributed by atoms with Crippen LogP contribution in [0.2, 0.25) is 18.1 Å². The molecule has 3 rings (SSSR count). The lowest BCUT2D eigenvalue weighted by Gasteiger charge is -2.63. The Balaban J connectivity index is 1.84. The van der Waals surface area contributed by atoms with E-state index in [1.54, 1.807) is 0 Å². The molecule has 3 fully saturated rings. The maximum absolute atomic E-state index is 10.3. The molecule has 5 nitrogen and oxygen atoms in total. The first-order chi connectivity index (χ1) is 16.0. The van der Waals surface area contributed by atoms with E-state index in [-0.39, 0.29) is 35.2 Å². The van der Waals surface area contributed by atoms with Crippen molar-refractivity contribution >= 4 is 8.32 Å². The minimum atomic E-state index is -2.09. The molecule has 0 aromatic carbocycles. The average Bonchev–Trinajstić information content (AvgIpc) is 2.74. The molecular formula is C29H52O5Si. The minimum absolute atomic E-state index is 0.00985. The second kappa shape index (κ2) is 9.99. The van der Waals surface area contributed by atoms with E-state index in [9.17, 15) is 10.2 Å². The Hall–Kier alpha value is -0.503. The lowest BCUT2D eigenvalue weighted by Crippen LogP contribution is -2.62. The predicted molar refractivity (Wildman–Crippen MR) is 145 cm³/mol. The molecule has 6 heteroatoms. The first-order valence-electron chi connectivity index (χ1n) is 13.6. The fourth-order valence-electron chi connectivity index (χ4n) is 6.83. The van der Waals surface area contributed by atoms with E-state index >= 15 is 0 Å². The normalized spacial score (nSPS) is 36.9. The summed E-state index contributed by atoms with van der Waals surface area (Å²) in [6, 6.07) is 0. The van der Waals surface area contributed by atoms with Crippen LogP contribution in [0, 0.1) is 22.7 Å². The molecule has 1 heterocycles. The zero-order valence-electron chi connectivity index (χ0n) is 23.9. The van der Waals surface area contributed by atoms with Crippen LogP contribution in [-0.4, -0.2) is 56.3 Å². The Morgan fingerprint density at radius 3 is 2.40 bits per heavy atom. The number of hydrogen-bond donors (Lipinski definition) is 2. The summed E-state index contributed by atoms with van der Waals surface area (Å²) in [4.78, 5) is 0. The topological polar surface area (TPSA) is 68.2 Å². The lowest BCUT2D eigenvalue weighted by molar-refractivity contribution is -0.344. The highest BCUT2D eigenvalue weighted by Gasteiger charge is 2.60. The molecule has 0 aromatic heterocycles. The van der Waals surface area contributed by atoms with Gasteiger partial charge in [-0.3, -0.25) is 0 Å². The molecule has 2 saturated carbocycles. The highest BCUT2D eigenvalue weighted by Crippen LogP contribution is 2.63. The number of aliphatic hydroxyl groups is 2. The summed E-state index contributed by atoms with van der Waals surface area (Å²) in [6.45, 7) is 24.8. The van der Waals surface area contributed by atoms with Gasteiger partial charge in [0.15, 0.2) is 14.1 Å². The molecule has 1 saturated heterocycles. The molecule has 0 unspecified atom stereocenters. The minimum Gasteiger partial charge on any atom is -0.408 e. The van der Waals surface area contributed by atoms with Gasteiger partial charge in [0.2, 0.25) is 0 Å². The summed E-state index contributed by atoms with van der Waals surface area (Å²) in [5.74, 6) is 0.295. The average molecular weight is 509 g/mol. The van der Waals surface area contributed by atoms with Crippen LogP contribution in [0.5, 0.6) is 0 Å². The van der Waals surface area contributed by atoms with Gasteiger partial charge in [0.1, 0.15) is 0 Å². The zero-order valence-corrected chi connectivity index (χ0v) is 24.9. The van der Waals surface area contributed by atoms with Gasteiger partial charge in [-0.1, -0.05) is 52.8 Å². The molecule has 35 heavy (non-hydrogen) atoms. The Kier molecular flexibility index (Phi) is 8.30. The van der Waals surface area contributed by atoms with E-state index < -0.39 is 20.2 Å². The fourth-order valence-corrected chi connectivity index (χ4v) is 8.12. The highest BCUT2D eigenvalue weighted by atomic mass is 28.4. The molecule has 6 atom stereocenters. The number of aliphatic hydroxyl groups excluding tert-OH is 2. The van der Waals surface area contributed by atoms with Crippen molar-refractivity contribution in [3.8, 4) is 0 Å². The van der Waals surface area contributed by atoms with Gasteiger partial charge in [-0.25, -0.2) is 0 Å². The molecule has 2 N–H and O–H groups in total. The van der Waals surface area contributed by atoms with Crippen molar-refractivity contribution in [1.82, 2.24) is 0 Å². The third-order valence-corrected chi connectivity index (χ3v) is 14.6. The van der Waals surface area contributed by atoms with E-state index in [0.717, 1.165) is 44.3 Å². The van der Waals surface area contributed by atoms with Crippen molar-refractivity contribution < 1.29 is 24.1 Å². The van der Waals surface area contributed by atoms with Crippen molar-refractivity contribution in [3.05, 3.63) is 23.8 Å². The predicted octanol–water partition coefficient (Wildman–Crippen LogP) is 6.22. The van der Waals surface area contributed by atoms with Crippen LogP contribution in [0.4, 0.5) is 0 Å². The van der Waals surface area contributed by atoms with Crippen LogP contribution in [0.3, 0.4) is 0 Å². The van der Waals surface area contributed by atoms with E-state index in [4.69, 9.17) is 13.9 Å². The summed E-state index contributed by atoms with van der Waals surface area (Å²) in [7, 11) is -2.09. The number of ether oxygens (including phenoxy) is 2. The third-order valence-electron chi connectivity index (χ3n) is 10.1. The van der Waals surface area contributed by atoms with Gasteiger partial charge in [-0.05, 0) is 86.9 Å². The smallest absolute Gasteiger partial charge is 0.193 e. The van der Waals surface area contributed by atoms with Crippen molar-refractivity contribution in [1.29, 1.82) is 0 Å². The van der Waals surface area contributed by atoms with Gasteiger partial charge in [-0.15, -0.1) is 0 Å². The van der Waals surface area contributed by atoms with Gasteiger partial charge in [0.05, 0.1) is 32.0 Å². The monoisotopic (exact) mass is 508 g/mol. The molecule has 1 aliphatic heterocycles. The van der Waals surface area contributed by atoms with Crippen LogP contribution in [-0.2, 0) is 13.9 Å². The Labute approximate surface area is 215 Å². The SMILES string of the molecule is C=C1CC[C@@H]2[C@]3(C)COC(C)(C)O[C@@H]3CC[C@@]2(C)[C@@H]1C/C=C(/CO)[C@@H](CO)O[Si](C)(C)C(C)(C)C. The lowest BCUT2D eigenvalue weighted by atomic mass is 9.46. The van der Waals surface area contributed by atoms with Gasteiger partial charge in [0, 0.05) is 5.41 Å². The molecule has 0 bridgehead atoms. The molecule has 202 valence electrons. The number of hydrogen-bond acceptors (Lipinski definition) is 5. The van der Waals surface area contributed by atoms with Crippen molar-refractivity contribution in [2.75, 3.05) is 19.8 Å². The second-order valence-electron chi connectivity index (χ2n) is 13.9. The molecule has 3 aliphatic rings. The van der Waals surface area contributed by atoms with Crippen LogP contribution in [0.15, 0.2) is 23.8 Å². The number of fused-ring (bicyclic) bond motifs is 3. The van der Waals surface area contributed by atoms with Crippen molar-refractivity contribution in [2.24, 2.45) is 22.7 Å². The summed E-state index contributed by atoms with van der Waals surface area (Å²) < 4.78 is 19.2. The molecular weight excluding hydrogens is 456 g/mol. The van der Waals surface area contributed by atoms with Gasteiger partial charge < -0.3 is 24.1 Å². The van der Waals surface area contributed by atoms with E-state index in [1.165, 1.54) is 5.57 Å². The van der Waals surface area contributed by atoms with E-state index in [1.807, 2.05) is 13.8 Å². The summed E-state index contributed by atoms with van der Waals surface area (Å²) in [6.07, 6.45) is 6.98. The van der Waals surface area contributed by atoms with Crippen molar-refractivity contribution in [2.45, 2.75) is 117 Å². The van der Waals surface area contributed by atoms with Crippen LogP contribution >= 0.6 is 0 Å². The van der Waals surface area contributed by atoms with Crippen LogP contribution in [0.25, 0.3) is 0 Å². The van der Waals surface area contributed by atoms with Crippen LogP contribution in [0.1, 0.15) is 80.6 Å². The zero-order chi connectivity index (χ0) is 26.4. The summed E-state index contributed by atoms with van der Waals surface area (Å²) >= 11 is 0. The van der Waals surface area contributed by atoms with Gasteiger partial charge in [-0.2, -0.15) is 0 Å². The quantitative estimate of drug-likeness (QED) is 0.316. The molecule has 0 amide bonds. The third kappa shape index (κ3) is 5.53. The Bertz CT molecular complexity index is 812. The van der Waals surface area contributed by atoms with Gasteiger partial charge >= 0.3 is 0 Å². The maximum Gasteiger partial charge on any atom is 0.193 e. The molecule has 0 spiro atoms. The number of rotatable bonds is 7. The standard InChI is InChI=1S/C29H52O5Si/c1-20-11-14-24-28(7,16-15-25-29(24,8)19-32-27(5,6)33-25)22(20)13-12-21(17-30)23(18-31)34-35(9,10)26(2,3)4/h12,22-25,30-31H,1,11,13-19H2,2-10H3/b21-12-/t22-,23-,24+,25-,28+,29+/m1/s1. The summed E-state index contributed by atoms with van der Waals surface area (Å²) in [5, 5.41) is 20.5. The highest BCUT2D eigenvalue weighted by molar-refractivity contribution is 6.74. The molecule has 2 aliphatic carbocycles. The Morgan fingerprint density at radius 1 is 1.17 bits per heavy atom. The van der Waals surface area contributed by atoms with E-state index in [0.29, 0.717) is 11.8 Å². The molecule has 0 radical (unpaired) electrons. The summed E-state index contributed by atoms with van der Waals surface area (Å²) in [5.41, 5.74) is 2.19. The first kappa shape index (κ1) is 29.1. The van der Waals surface area contributed by atoms with Crippen LogP contribution < -0.4 is 0 Å². The van der Waals surface area contributed by atoms with Gasteiger partial charge in [0.25, 0.3) is 0 Å². The first-order valence-corrected chi connectivity index (χ1v) is 16.5.